The number of benzene rings is 3. The number of pyridine rings is 1. The second-order valence-corrected chi connectivity index (χ2v) is 6.70. The molecule has 138 valence electrons. The Morgan fingerprint density at radius 2 is 1.71 bits per heavy atom. The molecular weight excluding hydrogens is 351 g/mol. The quantitative estimate of drug-likeness (QED) is 0.531. The Bertz CT molecular complexity index is 1150. The highest BCUT2D eigenvalue weighted by Gasteiger charge is 2.11. The van der Waals surface area contributed by atoms with E-state index in [1.807, 2.05) is 30.5 Å². The molecule has 0 spiro atoms. The van der Waals surface area contributed by atoms with E-state index in [2.05, 4.69) is 35.4 Å². The van der Waals surface area contributed by atoms with Crippen LogP contribution in [0.4, 0.5) is 4.39 Å². The van der Waals surface area contributed by atoms with E-state index in [1.54, 1.807) is 6.20 Å². The molecule has 0 fully saturated rings. The lowest BCUT2D eigenvalue weighted by Gasteiger charge is -2.13. The van der Waals surface area contributed by atoms with Crippen LogP contribution in [0.2, 0.25) is 0 Å². The van der Waals surface area contributed by atoms with Gasteiger partial charge in [0.25, 0.3) is 5.91 Å². The molecule has 1 amide bonds. The van der Waals surface area contributed by atoms with Gasteiger partial charge in [-0.2, -0.15) is 0 Å². The van der Waals surface area contributed by atoms with Crippen molar-refractivity contribution in [1.29, 1.82) is 0 Å². The molecule has 0 unspecified atom stereocenters. The predicted octanol–water partition coefficient (Wildman–Crippen LogP) is 5.28. The van der Waals surface area contributed by atoms with Gasteiger partial charge >= 0.3 is 0 Å². The first-order valence-electron chi connectivity index (χ1n) is 9.09. The third-order valence-corrected chi connectivity index (χ3v) is 4.89. The molecule has 3 nitrogen and oxygen atoms in total. The fraction of sp³-hybridized carbons (Fsp3) is 0.0833. The van der Waals surface area contributed by atoms with Crippen molar-refractivity contribution in [3.8, 4) is 11.1 Å². The van der Waals surface area contributed by atoms with Crippen LogP contribution in [-0.4, -0.2) is 10.9 Å². The number of nitrogens with one attached hydrogen (secondary N) is 1. The van der Waals surface area contributed by atoms with Gasteiger partial charge in [-0.15, -0.1) is 0 Å². The second kappa shape index (κ2) is 7.61. The zero-order chi connectivity index (χ0) is 19.5. The summed E-state index contributed by atoms with van der Waals surface area (Å²) in [6.45, 7) is 2.46. The molecule has 0 aliphatic carbocycles. The van der Waals surface area contributed by atoms with Crippen molar-refractivity contribution in [3.63, 3.8) is 0 Å². The van der Waals surface area contributed by atoms with Crippen LogP contribution in [0, 0.1) is 12.7 Å². The maximum atomic E-state index is 13.0. The van der Waals surface area contributed by atoms with Gasteiger partial charge in [0.15, 0.2) is 0 Å². The topological polar surface area (TPSA) is 42.0 Å². The average Bonchev–Trinajstić information content (AvgIpc) is 2.73. The van der Waals surface area contributed by atoms with Gasteiger partial charge in [-0.3, -0.25) is 9.78 Å². The van der Waals surface area contributed by atoms with Crippen LogP contribution < -0.4 is 5.32 Å². The summed E-state index contributed by atoms with van der Waals surface area (Å²) >= 11 is 0. The number of fused-ring (bicyclic) bond motifs is 1. The summed E-state index contributed by atoms with van der Waals surface area (Å²) in [6, 6.07) is 19.9. The van der Waals surface area contributed by atoms with Crippen molar-refractivity contribution < 1.29 is 9.18 Å². The molecule has 0 atom stereocenters. The SMILES string of the molecule is Cc1ccccc1-c1ccc(CNC(=O)c2ccc(F)cc2)c2cnccc12. The van der Waals surface area contributed by atoms with Gasteiger partial charge in [-0.05, 0) is 64.9 Å². The largest absolute Gasteiger partial charge is 0.348 e. The molecule has 0 saturated carbocycles. The number of halogens is 1. The fourth-order valence-electron chi connectivity index (χ4n) is 3.39. The van der Waals surface area contributed by atoms with E-state index >= 15 is 0 Å². The number of nitrogens with zero attached hydrogens (tertiary/aromatic N) is 1. The van der Waals surface area contributed by atoms with Gasteiger partial charge in [0.2, 0.25) is 0 Å². The van der Waals surface area contributed by atoms with Gasteiger partial charge in [-0.25, -0.2) is 4.39 Å². The summed E-state index contributed by atoms with van der Waals surface area (Å²) in [4.78, 5) is 16.6. The van der Waals surface area contributed by atoms with Gasteiger partial charge < -0.3 is 5.32 Å². The predicted molar refractivity (Wildman–Crippen MR) is 109 cm³/mol. The summed E-state index contributed by atoms with van der Waals surface area (Å²) in [7, 11) is 0. The molecule has 1 N–H and O–H groups in total. The Balaban J connectivity index is 1.66. The fourth-order valence-corrected chi connectivity index (χ4v) is 3.39. The van der Waals surface area contributed by atoms with Crippen molar-refractivity contribution in [3.05, 3.63) is 102 Å². The lowest BCUT2D eigenvalue weighted by molar-refractivity contribution is 0.0951. The maximum absolute atomic E-state index is 13.0. The number of hydrogen-bond acceptors (Lipinski definition) is 2. The average molecular weight is 370 g/mol. The molecular formula is C24H19FN2O. The van der Waals surface area contributed by atoms with E-state index in [4.69, 9.17) is 0 Å². The van der Waals surface area contributed by atoms with Crippen LogP contribution in [0.25, 0.3) is 21.9 Å². The van der Waals surface area contributed by atoms with E-state index in [0.29, 0.717) is 12.1 Å². The number of amides is 1. The molecule has 0 saturated heterocycles. The minimum absolute atomic E-state index is 0.236. The van der Waals surface area contributed by atoms with Crippen LogP contribution in [0.15, 0.2) is 79.1 Å². The maximum Gasteiger partial charge on any atom is 0.251 e. The minimum atomic E-state index is -0.361. The Hall–Kier alpha value is -3.53. The molecule has 0 aliphatic heterocycles. The Kier molecular flexibility index (Phi) is 4.85. The van der Waals surface area contributed by atoms with Crippen molar-refractivity contribution in [2.45, 2.75) is 13.5 Å². The number of carbonyl (C=O) groups is 1. The highest BCUT2D eigenvalue weighted by Crippen LogP contribution is 2.32. The van der Waals surface area contributed by atoms with Crippen LogP contribution in [0.5, 0.6) is 0 Å². The normalized spacial score (nSPS) is 10.8. The molecule has 0 aliphatic rings. The van der Waals surface area contributed by atoms with E-state index in [-0.39, 0.29) is 11.7 Å². The zero-order valence-corrected chi connectivity index (χ0v) is 15.4. The van der Waals surface area contributed by atoms with Gasteiger partial charge in [0.05, 0.1) is 0 Å². The van der Waals surface area contributed by atoms with E-state index in [9.17, 15) is 9.18 Å². The zero-order valence-electron chi connectivity index (χ0n) is 15.4. The van der Waals surface area contributed by atoms with Crippen LogP contribution in [0.1, 0.15) is 21.5 Å². The standard InChI is InChI=1S/C24H19FN2O/c1-16-4-2-3-5-20(16)21-11-8-18(23-15-26-13-12-22(21)23)14-27-24(28)17-6-9-19(25)10-7-17/h2-13,15H,14H2,1H3,(H,27,28). The summed E-state index contributed by atoms with van der Waals surface area (Å²) in [6.07, 6.45) is 3.61. The third kappa shape index (κ3) is 3.49. The van der Waals surface area contributed by atoms with Gasteiger partial charge in [-0.1, -0.05) is 36.4 Å². The van der Waals surface area contributed by atoms with E-state index < -0.39 is 0 Å². The van der Waals surface area contributed by atoms with Crippen LogP contribution in [-0.2, 0) is 6.54 Å². The Morgan fingerprint density at radius 1 is 0.929 bits per heavy atom. The smallest absolute Gasteiger partial charge is 0.251 e. The highest BCUT2D eigenvalue weighted by atomic mass is 19.1. The molecule has 0 bridgehead atoms. The van der Waals surface area contributed by atoms with Gasteiger partial charge in [0.1, 0.15) is 5.82 Å². The molecule has 3 aromatic carbocycles. The summed E-state index contributed by atoms with van der Waals surface area (Å²) in [5.41, 5.74) is 4.94. The molecule has 1 heterocycles. The molecule has 4 heteroatoms. The third-order valence-electron chi connectivity index (χ3n) is 4.89. The molecule has 0 radical (unpaired) electrons. The second-order valence-electron chi connectivity index (χ2n) is 6.70. The van der Waals surface area contributed by atoms with E-state index in [1.165, 1.54) is 35.4 Å². The first-order valence-corrected chi connectivity index (χ1v) is 9.09. The number of aryl methyl sites for hydroxylation is 1. The minimum Gasteiger partial charge on any atom is -0.348 e. The van der Waals surface area contributed by atoms with Gasteiger partial charge in [0, 0.05) is 29.9 Å². The Labute approximate surface area is 162 Å². The summed E-state index contributed by atoms with van der Waals surface area (Å²) in [5.74, 6) is -0.597. The number of rotatable bonds is 4. The number of carbonyl (C=O) groups excluding carboxylic acids is 1. The van der Waals surface area contributed by atoms with Crippen molar-refractivity contribution in [2.24, 2.45) is 0 Å². The van der Waals surface area contributed by atoms with E-state index in [0.717, 1.165) is 21.9 Å². The first kappa shape index (κ1) is 17.9. The van der Waals surface area contributed by atoms with Crippen molar-refractivity contribution in [1.82, 2.24) is 10.3 Å². The first-order chi connectivity index (χ1) is 13.6. The molecule has 4 rings (SSSR count). The highest BCUT2D eigenvalue weighted by molar-refractivity contribution is 5.99. The Morgan fingerprint density at radius 3 is 2.50 bits per heavy atom. The van der Waals surface area contributed by atoms with Crippen LogP contribution in [0.3, 0.4) is 0 Å². The molecule has 28 heavy (non-hydrogen) atoms. The summed E-state index contributed by atoms with van der Waals surface area (Å²) in [5, 5.41) is 5.01. The number of aromatic nitrogens is 1. The lowest BCUT2D eigenvalue weighted by Crippen LogP contribution is -2.22. The van der Waals surface area contributed by atoms with Crippen molar-refractivity contribution in [2.75, 3.05) is 0 Å². The number of hydrogen-bond donors (Lipinski definition) is 1. The lowest BCUT2D eigenvalue weighted by atomic mass is 9.94. The van der Waals surface area contributed by atoms with Crippen molar-refractivity contribution >= 4 is 16.7 Å². The molecule has 4 aromatic rings. The molecule has 1 aromatic heterocycles. The summed E-state index contributed by atoms with van der Waals surface area (Å²) < 4.78 is 13.0. The van der Waals surface area contributed by atoms with Crippen LogP contribution >= 0.6 is 0 Å². The monoisotopic (exact) mass is 370 g/mol.